The Morgan fingerprint density at radius 1 is 1.15 bits per heavy atom. The van der Waals surface area contributed by atoms with E-state index in [1.165, 1.54) is 6.92 Å². The molecule has 0 aromatic rings. The Bertz CT molecular complexity index is 177. The van der Waals surface area contributed by atoms with Gasteiger partial charge < -0.3 is 14.9 Å². The zero-order chi connectivity index (χ0) is 10.7. The molecule has 0 aliphatic carbocycles. The molecule has 0 fully saturated rings. The number of carbonyl (C=O) groups is 1. The maximum Gasteiger partial charge on any atom is 0.317 e. The van der Waals surface area contributed by atoms with Crippen LogP contribution in [0.3, 0.4) is 0 Å². The van der Waals surface area contributed by atoms with Gasteiger partial charge in [-0.2, -0.15) is 0 Å². The summed E-state index contributed by atoms with van der Waals surface area (Å²) < 4.78 is 5.03. The lowest BCUT2D eigenvalue weighted by molar-refractivity contribution is -0.171. The molecule has 0 atom stereocenters. The van der Waals surface area contributed by atoms with Gasteiger partial charge in [-0.25, -0.2) is 0 Å². The van der Waals surface area contributed by atoms with Gasteiger partial charge in [0.1, 0.15) is 11.0 Å². The fourth-order valence-corrected chi connectivity index (χ4v) is 0.580. The molecule has 2 N–H and O–H groups in total. The Hall–Kier alpha value is -0.610. The maximum absolute atomic E-state index is 11.4. The molecule has 0 aliphatic heterocycles. The minimum Gasteiger partial charge on any atom is -0.459 e. The van der Waals surface area contributed by atoms with Crippen LogP contribution in [0.5, 0.6) is 0 Å². The summed E-state index contributed by atoms with van der Waals surface area (Å²) in [6.07, 6.45) is 0. The molecular formula is C9H18O4. The number of esters is 1. The quantitative estimate of drug-likeness (QED) is 0.629. The molecule has 0 aromatic carbocycles. The van der Waals surface area contributed by atoms with Crippen LogP contribution in [0, 0.1) is 5.41 Å². The van der Waals surface area contributed by atoms with Gasteiger partial charge in [-0.15, -0.1) is 0 Å². The summed E-state index contributed by atoms with van der Waals surface area (Å²) in [7, 11) is 0. The lowest BCUT2D eigenvalue weighted by atomic mass is 9.93. The third-order valence-corrected chi connectivity index (χ3v) is 1.59. The van der Waals surface area contributed by atoms with Gasteiger partial charge in [-0.05, 0) is 27.7 Å². The first-order valence-electron chi connectivity index (χ1n) is 4.20. The molecule has 78 valence electrons. The van der Waals surface area contributed by atoms with Crippen molar-refractivity contribution in [3.8, 4) is 0 Å². The molecule has 0 heterocycles. The molecule has 0 amide bonds. The Balaban J connectivity index is 4.41. The van der Waals surface area contributed by atoms with Crippen molar-refractivity contribution >= 4 is 5.97 Å². The molecule has 0 bridgehead atoms. The molecule has 0 rings (SSSR count). The largest absolute Gasteiger partial charge is 0.459 e. The highest BCUT2D eigenvalue weighted by atomic mass is 16.6. The fourth-order valence-electron chi connectivity index (χ4n) is 0.580. The van der Waals surface area contributed by atoms with Crippen LogP contribution in [-0.4, -0.2) is 35.0 Å². The zero-order valence-corrected chi connectivity index (χ0v) is 8.63. The molecule has 0 aromatic heterocycles. The van der Waals surface area contributed by atoms with E-state index >= 15 is 0 Å². The first kappa shape index (κ1) is 12.4. The Morgan fingerprint density at radius 3 is 1.77 bits per heavy atom. The van der Waals surface area contributed by atoms with Crippen molar-refractivity contribution in [2.75, 3.05) is 13.2 Å². The second-order valence-corrected chi connectivity index (χ2v) is 4.38. The van der Waals surface area contributed by atoms with Crippen LogP contribution in [0.2, 0.25) is 0 Å². The smallest absolute Gasteiger partial charge is 0.317 e. The number of ether oxygens (including phenoxy) is 1. The molecule has 4 nitrogen and oxygen atoms in total. The molecule has 0 spiro atoms. The van der Waals surface area contributed by atoms with Gasteiger partial charge >= 0.3 is 5.97 Å². The number of aliphatic hydroxyl groups excluding tert-OH is 2. The van der Waals surface area contributed by atoms with Gasteiger partial charge in [0.05, 0.1) is 13.2 Å². The first-order valence-corrected chi connectivity index (χ1v) is 4.20. The zero-order valence-electron chi connectivity index (χ0n) is 8.63. The van der Waals surface area contributed by atoms with Crippen molar-refractivity contribution in [3.05, 3.63) is 0 Å². The predicted molar refractivity (Wildman–Crippen MR) is 48.1 cm³/mol. The standard InChI is InChI=1S/C9H18O4/c1-8(2,3)13-7(12)9(4,5-10)6-11/h10-11H,5-6H2,1-4H3. The van der Waals surface area contributed by atoms with Crippen LogP contribution < -0.4 is 0 Å². The van der Waals surface area contributed by atoms with E-state index in [0.29, 0.717) is 0 Å². The molecule has 0 saturated carbocycles. The SMILES string of the molecule is CC(C)(C)OC(=O)C(C)(CO)CO. The van der Waals surface area contributed by atoms with Gasteiger partial charge in [0.2, 0.25) is 0 Å². The molecule has 4 heteroatoms. The van der Waals surface area contributed by atoms with E-state index in [9.17, 15) is 4.79 Å². The van der Waals surface area contributed by atoms with Crippen LogP contribution in [0.1, 0.15) is 27.7 Å². The number of hydrogen-bond acceptors (Lipinski definition) is 4. The van der Waals surface area contributed by atoms with Crippen LogP contribution in [-0.2, 0) is 9.53 Å². The highest BCUT2D eigenvalue weighted by Gasteiger charge is 2.36. The number of aliphatic hydroxyl groups is 2. The summed E-state index contributed by atoms with van der Waals surface area (Å²) in [4.78, 5) is 11.4. The average molecular weight is 190 g/mol. The van der Waals surface area contributed by atoms with Gasteiger partial charge in [-0.3, -0.25) is 4.79 Å². The van der Waals surface area contributed by atoms with Crippen LogP contribution in [0.4, 0.5) is 0 Å². The second-order valence-electron chi connectivity index (χ2n) is 4.38. The van der Waals surface area contributed by atoms with E-state index in [2.05, 4.69) is 0 Å². The van der Waals surface area contributed by atoms with Gasteiger partial charge in [0.25, 0.3) is 0 Å². The Morgan fingerprint density at radius 2 is 1.54 bits per heavy atom. The summed E-state index contributed by atoms with van der Waals surface area (Å²) in [6.45, 7) is 5.83. The lowest BCUT2D eigenvalue weighted by Crippen LogP contribution is -2.40. The summed E-state index contributed by atoms with van der Waals surface area (Å²) in [6, 6.07) is 0. The summed E-state index contributed by atoms with van der Waals surface area (Å²) in [5.41, 5.74) is -1.80. The minimum absolute atomic E-state index is 0.418. The van der Waals surface area contributed by atoms with Gasteiger partial charge in [0.15, 0.2) is 0 Å². The van der Waals surface area contributed by atoms with E-state index in [1.807, 2.05) is 0 Å². The Labute approximate surface area is 78.5 Å². The van der Waals surface area contributed by atoms with Crippen LogP contribution >= 0.6 is 0 Å². The number of rotatable bonds is 3. The molecule has 0 radical (unpaired) electrons. The van der Waals surface area contributed by atoms with Crippen molar-refractivity contribution in [2.24, 2.45) is 5.41 Å². The van der Waals surface area contributed by atoms with Crippen molar-refractivity contribution in [3.63, 3.8) is 0 Å². The highest BCUT2D eigenvalue weighted by Crippen LogP contribution is 2.20. The number of carbonyl (C=O) groups excluding carboxylic acids is 1. The summed E-state index contributed by atoms with van der Waals surface area (Å²) in [5.74, 6) is -0.579. The van der Waals surface area contributed by atoms with Crippen molar-refractivity contribution in [1.82, 2.24) is 0 Å². The van der Waals surface area contributed by atoms with Gasteiger partial charge in [-0.1, -0.05) is 0 Å². The maximum atomic E-state index is 11.4. The molecule has 13 heavy (non-hydrogen) atoms. The van der Waals surface area contributed by atoms with Crippen molar-refractivity contribution in [1.29, 1.82) is 0 Å². The lowest BCUT2D eigenvalue weighted by Gasteiger charge is -2.28. The predicted octanol–water partition coefficient (Wildman–Crippen LogP) is 0.319. The topological polar surface area (TPSA) is 66.8 Å². The third kappa shape index (κ3) is 3.74. The van der Waals surface area contributed by atoms with Crippen molar-refractivity contribution < 1.29 is 19.7 Å². The highest BCUT2D eigenvalue weighted by molar-refractivity contribution is 5.77. The summed E-state index contributed by atoms with van der Waals surface area (Å²) >= 11 is 0. The number of hydrogen-bond donors (Lipinski definition) is 2. The minimum atomic E-state index is -1.20. The third-order valence-electron chi connectivity index (χ3n) is 1.59. The van der Waals surface area contributed by atoms with Crippen molar-refractivity contribution in [2.45, 2.75) is 33.3 Å². The molecule has 0 aliphatic rings. The van der Waals surface area contributed by atoms with E-state index in [-0.39, 0.29) is 0 Å². The summed E-state index contributed by atoms with van der Waals surface area (Å²) in [5, 5.41) is 17.8. The Kier molecular flexibility index (Phi) is 3.88. The van der Waals surface area contributed by atoms with Crippen LogP contribution in [0.25, 0.3) is 0 Å². The average Bonchev–Trinajstić information content (AvgIpc) is 2.00. The van der Waals surface area contributed by atoms with E-state index in [4.69, 9.17) is 14.9 Å². The van der Waals surface area contributed by atoms with E-state index < -0.39 is 30.2 Å². The normalized spacial score (nSPS) is 12.8. The monoisotopic (exact) mass is 190 g/mol. The van der Waals surface area contributed by atoms with E-state index in [0.717, 1.165) is 0 Å². The second kappa shape index (κ2) is 4.07. The first-order chi connectivity index (χ1) is 5.75. The molecule has 0 saturated heterocycles. The fraction of sp³-hybridized carbons (Fsp3) is 0.889. The molecular weight excluding hydrogens is 172 g/mol. The van der Waals surface area contributed by atoms with E-state index in [1.54, 1.807) is 20.8 Å². The van der Waals surface area contributed by atoms with Gasteiger partial charge in [0, 0.05) is 0 Å². The molecule has 0 unspecified atom stereocenters. The van der Waals surface area contributed by atoms with Crippen LogP contribution in [0.15, 0.2) is 0 Å².